The highest BCUT2D eigenvalue weighted by molar-refractivity contribution is 9.10. The van der Waals surface area contributed by atoms with Gasteiger partial charge < -0.3 is 10.1 Å². The molecule has 3 rings (SSSR count). The molecule has 4 heteroatoms. The third kappa shape index (κ3) is 3.01. The zero-order valence-corrected chi connectivity index (χ0v) is 12.6. The zero-order chi connectivity index (χ0) is 13.4. The van der Waals surface area contributed by atoms with Crippen molar-refractivity contribution in [3.63, 3.8) is 0 Å². The smallest absolute Gasteiger partial charge is 0.137 e. The second-order valence-electron chi connectivity index (χ2n) is 5.63. The number of halogens is 2. The van der Waals surface area contributed by atoms with Crippen molar-refractivity contribution in [1.82, 2.24) is 5.32 Å². The SMILES string of the molecule is CC(NC1CCOC1C1CC1)c1ccc(F)c(Br)c1. The fraction of sp³-hybridized carbons (Fsp3) is 0.600. The molecule has 0 bridgehead atoms. The summed E-state index contributed by atoms with van der Waals surface area (Å²) in [6, 6.07) is 5.87. The summed E-state index contributed by atoms with van der Waals surface area (Å²) in [6.07, 6.45) is 4.07. The molecule has 0 amide bonds. The van der Waals surface area contributed by atoms with Gasteiger partial charge in [-0.3, -0.25) is 0 Å². The van der Waals surface area contributed by atoms with Crippen LogP contribution in [0.3, 0.4) is 0 Å². The summed E-state index contributed by atoms with van der Waals surface area (Å²) < 4.78 is 19.6. The van der Waals surface area contributed by atoms with Crippen molar-refractivity contribution in [3.05, 3.63) is 34.1 Å². The summed E-state index contributed by atoms with van der Waals surface area (Å²) in [5, 5.41) is 3.64. The predicted octanol–water partition coefficient (Wildman–Crippen LogP) is 3.81. The summed E-state index contributed by atoms with van der Waals surface area (Å²) in [5.74, 6) is 0.545. The third-order valence-corrected chi connectivity index (χ3v) is 4.74. The van der Waals surface area contributed by atoms with Crippen molar-refractivity contribution in [1.29, 1.82) is 0 Å². The Hall–Kier alpha value is -0.450. The van der Waals surface area contributed by atoms with Crippen LogP contribution in [0.4, 0.5) is 4.39 Å². The van der Waals surface area contributed by atoms with Gasteiger partial charge in [0.25, 0.3) is 0 Å². The van der Waals surface area contributed by atoms with Gasteiger partial charge >= 0.3 is 0 Å². The van der Waals surface area contributed by atoms with Gasteiger partial charge in [-0.25, -0.2) is 4.39 Å². The molecule has 1 saturated carbocycles. The minimum Gasteiger partial charge on any atom is -0.376 e. The number of hydrogen-bond donors (Lipinski definition) is 1. The Morgan fingerprint density at radius 2 is 2.16 bits per heavy atom. The van der Waals surface area contributed by atoms with E-state index >= 15 is 0 Å². The Bertz CT molecular complexity index is 463. The molecule has 1 aromatic carbocycles. The lowest BCUT2D eigenvalue weighted by atomic mass is 10.0. The molecule has 3 atom stereocenters. The molecule has 2 nitrogen and oxygen atoms in total. The van der Waals surface area contributed by atoms with Gasteiger partial charge in [0, 0.05) is 18.7 Å². The molecule has 1 aliphatic carbocycles. The van der Waals surface area contributed by atoms with Crippen molar-refractivity contribution in [2.45, 2.75) is 44.4 Å². The van der Waals surface area contributed by atoms with E-state index in [0.717, 1.165) is 24.5 Å². The summed E-state index contributed by atoms with van der Waals surface area (Å²) in [4.78, 5) is 0. The first-order valence-electron chi connectivity index (χ1n) is 6.98. The second-order valence-corrected chi connectivity index (χ2v) is 6.48. The fourth-order valence-electron chi connectivity index (χ4n) is 2.88. The summed E-state index contributed by atoms with van der Waals surface area (Å²) in [7, 11) is 0. The van der Waals surface area contributed by atoms with Gasteiger partial charge in [-0.2, -0.15) is 0 Å². The van der Waals surface area contributed by atoms with Crippen molar-refractivity contribution >= 4 is 15.9 Å². The Morgan fingerprint density at radius 3 is 2.84 bits per heavy atom. The minimum atomic E-state index is -0.212. The van der Waals surface area contributed by atoms with Gasteiger partial charge in [-0.05, 0) is 65.7 Å². The molecule has 1 N–H and O–H groups in total. The van der Waals surface area contributed by atoms with Gasteiger partial charge in [0.05, 0.1) is 10.6 Å². The van der Waals surface area contributed by atoms with E-state index in [9.17, 15) is 4.39 Å². The Balaban J connectivity index is 1.66. The molecule has 19 heavy (non-hydrogen) atoms. The molecule has 1 saturated heterocycles. The third-order valence-electron chi connectivity index (χ3n) is 4.13. The van der Waals surface area contributed by atoms with Crippen molar-refractivity contribution < 1.29 is 9.13 Å². The first kappa shape index (κ1) is 13.5. The summed E-state index contributed by atoms with van der Waals surface area (Å²) >= 11 is 3.24. The molecule has 1 aliphatic heterocycles. The molecule has 3 unspecified atom stereocenters. The Kier molecular flexibility index (Phi) is 3.92. The van der Waals surface area contributed by atoms with Crippen LogP contribution in [0.25, 0.3) is 0 Å². The largest absolute Gasteiger partial charge is 0.376 e. The van der Waals surface area contributed by atoms with Crippen LogP contribution < -0.4 is 5.32 Å². The van der Waals surface area contributed by atoms with E-state index in [-0.39, 0.29) is 11.9 Å². The monoisotopic (exact) mass is 327 g/mol. The lowest BCUT2D eigenvalue weighted by Crippen LogP contribution is -2.39. The van der Waals surface area contributed by atoms with E-state index in [4.69, 9.17) is 4.74 Å². The average Bonchev–Trinajstić information content (AvgIpc) is 3.13. The molecule has 2 fully saturated rings. The lowest BCUT2D eigenvalue weighted by molar-refractivity contribution is 0.0793. The van der Waals surface area contributed by atoms with Crippen LogP contribution in [-0.4, -0.2) is 18.8 Å². The highest BCUT2D eigenvalue weighted by Crippen LogP contribution is 2.39. The van der Waals surface area contributed by atoms with E-state index in [1.165, 1.54) is 18.9 Å². The van der Waals surface area contributed by atoms with E-state index in [0.29, 0.717) is 16.6 Å². The molecule has 104 valence electrons. The van der Waals surface area contributed by atoms with Gasteiger partial charge in [0.2, 0.25) is 0 Å². The number of ether oxygens (including phenoxy) is 1. The first-order valence-corrected chi connectivity index (χ1v) is 7.77. The molecule has 0 aromatic heterocycles. The van der Waals surface area contributed by atoms with Gasteiger partial charge in [-0.15, -0.1) is 0 Å². The van der Waals surface area contributed by atoms with E-state index in [2.05, 4.69) is 28.2 Å². The van der Waals surface area contributed by atoms with Crippen molar-refractivity contribution in [3.8, 4) is 0 Å². The number of rotatable bonds is 4. The van der Waals surface area contributed by atoms with E-state index < -0.39 is 0 Å². The van der Waals surface area contributed by atoms with Gasteiger partial charge in [0.15, 0.2) is 0 Å². The van der Waals surface area contributed by atoms with Crippen LogP contribution in [0, 0.1) is 11.7 Å². The Morgan fingerprint density at radius 1 is 1.37 bits per heavy atom. The second kappa shape index (κ2) is 5.51. The van der Waals surface area contributed by atoms with Crippen LogP contribution in [0.2, 0.25) is 0 Å². The topological polar surface area (TPSA) is 21.3 Å². The zero-order valence-electron chi connectivity index (χ0n) is 11.0. The highest BCUT2D eigenvalue weighted by Gasteiger charge is 2.40. The fourth-order valence-corrected chi connectivity index (χ4v) is 3.27. The summed E-state index contributed by atoms with van der Waals surface area (Å²) in [6.45, 7) is 2.99. The highest BCUT2D eigenvalue weighted by atomic mass is 79.9. The molecule has 0 radical (unpaired) electrons. The number of nitrogens with one attached hydrogen (secondary N) is 1. The maximum atomic E-state index is 13.3. The molecule has 2 aliphatic rings. The minimum absolute atomic E-state index is 0.212. The van der Waals surface area contributed by atoms with Crippen LogP contribution in [0.1, 0.15) is 37.8 Å². The van der Waals surface area contributed by atoms with Gasteiger partial charge in [0.1, 0.15) is 5.82 Å². The maximum Gasteiger partial charge on any atom is 0.137 e. The quantitative estimate of drug-likeness (QED) is 0.908. The van der Waals surface area contributed by atoms with Crippen LogP contribution in [-0.2, 0) is 4.74 Å². The van der Waals surface area contributed by atoms with Crippen LogP contribution >= 0.6 is 15.9 Å². The molecule has 1 heterocycles. The molecule has 0 spiro atoms. The summed E-state index contributed by atoms with van der Waals surface area (Å²) in [5.41, 5.74) is 1.11. The number of benzene rings is 1. The van der Waals surface area contributed by atoms with E-state index in [1.54, 1.807) is 0 Å². The average molecular weight is 328 g/mol. The molecule has 1 aromatic rings. The standard InChI is InChI=1S/C15H19BrFNO/c1-9(11-4-5-13(17)12(16)8-11)18-14-6-7-19-15(14)10-2-3-10/h4-5,8-10,14-15,18H,2-3,6-7H2,1H3. The van der Waals surface area contributed by atoms with Crippen LogP contribution in [0.15, 0.2) is 22.7 Å². The molecular weight excluding hydrogens is 309 g/mol. The lowest BCUT2D eigenvalue weighted by Gasteiger charge is -2.24. The van der Waals surface area contributed by atoms with E-state index in [1.807, 2.05) is 12.1 Å². The number of hydrogen-bond acceptors (Lipinski definition) is 2. The van der Waals surface area contributed by atoms with Crippen LogP contribution in [0.5, 0.6) is 0 Å². The van der Waals surface area contributed by atoms with Crippen molar-refractivity contribution in [2.75, 3.05) is 6.61 Å². The van der Waals surface area contributed by atoms with Crippen molar-refractivity contribution in [2.24, 2.45) is 5.92 Å². The molecular formula is C15H19BrFNO. The van der Waals surface area contributed by atoms with Gasteiger partial charge in [-0.1, -0.05) is 6.07 Å². The predicted molar refractivity (Wildman–Crippen MR) is 76.5 cm³/mol. The first-order chi connectivity index (χ1) is 9.15. The normalized spacial score (nSPS) is 28.6. The maximum absolute atomic E-state index is 13.3. The Labute approximate surface area is 121 Å².